The third-order valence-corrected chi connectivity index (χ3v) is 9.70. The highest BCUT2D eigenvalue weighted by Crippen LogP contribution is 2.28. The van der Waals surface area contributed by atoms with Crippen molar-refractivity contribution in [1.29, 1.82) is 0 Å². The van der Waals surface area contributed by atoms with Crippen molar-refractivity contribution in [2.45, 2.75) is 97.4 Å². The summed E-state index contributed by atoms with van der Waals surface area (Å²) in [6.45, 7) is 11.1. The summed E-state index contributed by atoms with van der Waals surface area (Å²) >= 11 is 1.58. The Labute approximate surface area is 276 Å². The van der Waals surface area contributed by atoms with E-state index in [1.54, 1.807) is 11.3 Å². The van der Waals surface area contributed by atoms with Gasteiger partial charge in [-0.2, -0.15) is 0 Å². The Morgan fingerprint density at radius 2 is 1.72 bits per heavy atom. The van der Waals surface area contributed by atoms with Gasteiger partial charge in [0.15, 0.2) is 0 Å². The number of nitrogens with zero attached hydrogens (tertiary/aromatic N) is 3. The van der Waals surface area contributed by atoms with Gasteiger partial charge in [0.25, 0.3) is 0 Å². The van der Waals surface area contributed by atoms with E-state index in [9.17, 15) is 24.3 Å². The van der Waals surface area contributed by atoms with Crippen LogP contribution in [0.2, 0.25) is 0 Å². The average molecular weight is 655 g/mol. The number of hydrogen-bond acceptors (Lipinski definition) is 8. The summed E-state index contributed by atoms with van der Waals surface area (Å²) in [5.41, 5.74) is 4.18. The minimum absolute atomic E-state index is 0.0366. The zero-order valence-electron chi connectivity index (χ0n) is 27.6. The van der Waals surface area contributed by atoms with Crippen molar-refractivity contribution in [1.82, 2.24) is 30.7 Å². The zero-order valence-corrected chi connectivity index (χ0v) is 28.5. The summed E-state index contributed by atoms with van der Waals surface area (Å²) in [6.07, 6.45) is 3.28. The van der Waals surface area contributed by atoms with E-state index in [0.29, 0.717) is 19.4 Å². The Hall–Kier alpha value is -3.35. The number of amides is 4. The molecule has 0 unspecified atom stereocenters. The van der Waals surface area contributed by atoms with Crippen LogP contribution in [-0.2, 0) is 25.7 Å². The van der Waals surface area contributed by atoms with Crippen LogP contribution in [0.4, 0.5) is 0 Å². The molecule has 2 saturated heterocycles. The van der Waals surface area contributed by atoms with E-state index in [2.05, 4.69) is 20.9 Å². The van der Waals surface area contributed by atoms with Crippen molar-refractivity contribution < 1.29 is 24.3 Å². The maximum Gasteiger partial charge on any atom is 0.246 e. The van der Waals surface area contributed by atoms with E-state index in [1.165, 1.54) is 4.90 Å². The Balaban J connectivity index is 1.25. The van der Waals surface area contributed by atoms with Gasteiger partial charge in [0.1, 0.15) is 12.1 Å². The Kier molecular flexibility index (Phi) is 12.7. The maximum absolute atomic E-state index is 13.8. The van der Waals surface area contributed by atoms with Gasteiger partial charge in [-0.25, -0.2) is 4.98 Å². The molecule has 252 valence electrons. The summed E-state index contributed by atoms with van der Waals surface area (Å²) in [5, 5.41) is 19.6. The molecule has 0 aliphatic carbocycles. The maximum atomic E-state index is 13.8. The van der Waals surface area contributed by atoms with Crippen LogP contribution < -0.4 is 16.0 Å². The Morgan fingerprint density at radius 3 is 2.35 bits per heavy atom. The van der Waals surface area contributed by atoms with Gasteiger partial charge < -0.3 is 30.9 Å². The number of benzene rings is 1. The summed E-state index contributed by atoms with van der Waals surface area (Å²) in [4.78, 5) is 61.1. The van der Waals surface area contributed by atoms with Crippen LogP contribution in [0.15, 0.2) is 29.8 Å². The number of aromatic nitrogens is 1. The number of thiazole rings is 1. The van der Waals surface area contributed by atoms with Crippen LogP contribution in [0.1, 0.15) is 77.0 Å². The van der Waals surface area contributed by atoms with Crippen molar-refractivity contribution in [3.8, 4) is 10.4 Å². The second-order valence-electron chi connectivity index (χ2n) is 13.5. The molecule has 1 aromatic carbocycles. The molecule has 3 atom stereocenters. The molecule has 2 aliphatic rings. The lowest BCUT2D eigenvalue weighted by Crippen LogP contribution is -2.57. The molecule has 2 aromatic rings. The normalized spacial score (nSPS) is 19.2. The largest absolute Gasteiger partial charge is 0.391 e. The standard InChI is InChI=1S/C34H50N6O5S/c1-23-30(46-22-37-23)25-13-11-24(12-14-25)20-36-32(44)27-19-26(41)21-40(27)33(45)31(34(2,3)4)38-28(42)9-7-5-6-8-10-29(43)39-17-15-35-16-18-39/h11-14,22,26-27,31,35,41H,5-10,15-21H2,1-4H3,(H,36,44)(H,38,42)/t26-,27+,31-/m1/s1. The van der Waals surface area contributed by atoms with Gasteiger partial charge in [0.05, 0.1) is 22.2 Å². The van der Waals surface area contributed by atoms with Crippen molar-refractivity contribution in [3.05, 3.63) is 41.0 Å². The predicted octanol–water partition coefficient (Wildman–Crippen LogP) is 3.00. The topological polar surface area (TPSA) is 144 Å². The quantitative estimate of drug-likeness (QED) is 0.243. The van der Waals surface area contributed by atoms with Gasteiger partial charge in [-0.3, -0.25) is 19.2 Å². The van der Waals surface area contributed by atoms with Gasteiger partial charge in [-0.1, -0.05) is 57.9 Å². The molecule has 4 N–H and O–H groups in total. The van der Waals surface area contributed by atoms with E-state index in [-0.39, 0.29) is 43.0 Å². The van der Waals surface area contributed by atoms with E-state index < -0.39 is 23.6 Å². The minimum atomic E-state index is -0.847. The number of rotatable bonds is 13. The molecular formula is C34H50N6O5S. The molecule has 11 nitrogen and oxygen atoms in total. The molecule has 0 bridgehead atoms. The number of hydrogen-bond donors (Lipinski definition) is 4. The van der Waals surface area contributed by atoms with Gasteiger partial charge in [0, 0.05) is 58.5 Å². The van der Waals surface area contributed by atoms with Crippen LogP contribution in [0.3, 0.4) is 0 Å². The Bertz CT molecular complexity index is 1330. The molecule has 4 amide bonds. The lowest BCUT2D eigenvalue weighted by atomic mass is 9.85. The minimum Gasteiger partial charge on any atom is -0.391 e. The molecule has 2 aliphatic heterocycles. The summed E-state index contributed by atoms with van der Waals surface area (Å²) in [7, 11) is 0. The number of aryl methyl sites for hydroxylation is 1. The molecule has 0 saturated carbocycles. The third-order valence-electron chi connectivity index (χ3n) is 8.73. The third kappa shape index (κ3) is 9.83. The molecule has 46 heavy (non-hydrogen) atoms. The highest BCUT2D eigenvalue weighted by Gasteiger charge is 2.44. The average Bonchev–Trinajstić information content (AvgIpc) is 3.65. The first-order valence-corrected chi connectivity index (χ1v) is 17.4. The van der Waals surface area contributed by atoms with E-state index in [4.69, 9.17) is 0 Å². The number of unbranched alkanes of at least 4 members (excludes halogenated alkanes) is 3. The van der Waals surface area contributed by atoms with Gasteiger partial charge in [0.2, 0.25) is 23.6 Å². The zero-order chi connectivity index (χ0) is 33.3. The predicted molar refractivity (Wildman–Crippen MR) is 179 cm³/mol. The van der Waals surface area contributed by atoms with Gasteiger partial charge >= 0.3 is 0 Å². The fraction of sp³-hybridized carbons (Fsp3) is 0.618. The van der Waals surface area contributed by atoms with Crippen LogP contribution in [-0.4, -0.2) is 94.4 Å². The van der Waals surface area contributed by atoms with Crippen LogP contribution >= 0.6 is 11.3 Å². The number of β-amino-alcohol motifs (C(OH)–C–C–N with tert-alkyl or cyclic N) is 1. The second-order valence-corrected chi connectivity index (χ2v) is 14.3. The summed E-state index contributed by atoms with van der Waals surface area (Å²) in [6, 6.07) is 6.25. The van der Waals surface area contributed by atoms with Crippen LogP contribution in [0.5, 0.6) is 0 Å². The van der Waals surface area contributed by atoms with E-state index in [1.807, 2.05) is 62.4 Å². The summed E-state index contributed by atoms with van der Waals surface area (Å²) in [5.74, 6) is -0.723. The number of aliphatic hydroxyl groups is 1. The number of aliphatic hydroxyl groups excluding tert-OH is 1. The van der Waals surface area contributed by atoms with Crippen molar-refractivity contribution in [3.63, 3.8) is 0 Å². The molecule has 3 heterocycles. The van der Waals surface area contributed by atoms with Crippen molar-refractivity contribution in [2.75, 3.05) is 32.7 Å². The number of carbonyl (C=O) groups is 4. The first kappa shape index (κ1) is 35.5. The summed E-state index contributed by atoms with van der Waals surface area (Å²) < 4.78 is 0. The number of likely N-dealkylation sites (tertiary alicyclic amines) is 1. The van der Waals surface area contributed by atoms with Gasteiger partial charge in [-0.15, -0.1) is 11.3 Å². The van der Waals surface area contributed by atoms with Gasteiger partial charge in [-0.05, 0) is 36.3 Å². The first-order valence-electron chi connectivity index (χ1n) is 16.5. The lowest BCUT2D eigenvalue weighted by Gasteiger charge is -2.35. The second kappa shape index (κ2) is 16.5. The Morgan fingerprint density at radius 1 is 1.04 bits per heavy atom. The molecule has 1 aromatic heterocycles. The molecule has 2 fully saturated rings. The number of carbonyl (C=O) groups excluding carboxylic acids is 4. The smallest absolute Gasteiger partial charge is 0.246 e. The highest BCUT2D eigenvalue weighted by molar-refractivity contribution is 7.13. The van der Waals surface area contributed by atoms with Crippen molar-refractivity contribution in [2.24, 2.45) is 5.41 Å². The number of nitrogens with one attached hydrogen (secondary N) is 3. The SMILES string of the molecule is Cc1ncsc1-c1ccc(CNC(=O)[C@@H]2C[C@@H](O)CN2C(=O)[C@@H](NC(=O)CCCCCCC(=O)N2CCNCC2)C(C)(C)C)cc1. The molecular weight excluding hydrogens is 604 g/mol. The van der Waals surface area contributed by atoms with Crippen LogP contribution in [0.25, 0.3) is 10.4 Å². The first-order chi connectivity index (χ1) is 21.9. The van der Waals surface area contributed by atoms with E-state index in [0.717, 1.165) is 67.1 Å². The monoisotopic (exact) mass is 654 g/mol. The molecule has 12 heteroatoms. The van der Waals surface area contributed by atoms with Crippen molar-refractivity contribution >= 4 is 35.0 Å². The number of piperazine rings is 1. The lowest BCUT2D eigenvalue weighted by molar-refractivity contribution is -0.144. The van der Waals surface area contributed by atoms with Crippen LogP contribution in [0, 0.1) is 12.3 Å². The van der Waals surface area contributed by atoms with E-state index >= 15 is 0 Å². The fourth-order valence-corrected chi connectivity index (χ4v) is 6.81. The highest BCUT2D eigenvalue weighted by atomic mass is 32.1. The molecule has 0 spiro atoms. The fourth-order valence-electron chi connectivity index (χ4n) is 6.00. The molecule has 4 rings (SSSR count). The molecule has 0 radical (unpaired) electrons.